The highest BCUT2D eigenvalue weighted by Gasteiger charge is 2.16. The van der Waals surface area contributed by atoms with Crippen molar-refractivity contribution in [1.29, 1.82) is 0 Å². The van der Waals surface area contributed by atoms with Gasteiger partial charge < -0.3 is 15.4 Å². The Morgan fingerprint density at radius 3 is 2.45 bits per heavy atom. The van der Waals surface area contributed by atoms with Gasteiger partial charge in [0, 0.05) is 18.3 Å². The summed E-state index contributed by atoms with van der Waals surface area (Å²) >= 11 is 1.84. The summed E-state index contributed by atoms with van der Waals surface area (Å²) in [6, 6.07) is 9.85. The van der Waals surface area contributed by atoms with Crippen molar-refractivity contribution in [2.24, 2.45) is 4.99 Å². The highest BCUT2D eigenvalue weighted by atomic mass is 127. The van der Waals surface area contributed by atoms with Gasteiger partial charge in [-0.1, -0.05) is 18.2 Å². The second kappa shape index (κ2) is 11.0. The molecule has 0 amide bonds. The van der Waals surface area contributed by atoms with E-state index < -0.39 is 0 Å². The number of benzene rings is 1. The normalized spacial score (nSPS) is 13.0. The average Bonchev–Trinajstić information content (AvgIpc) is 2.48. The Hall–Kier alpha value is -0.630. The summed E-state index contributed by atoms with van der Waals surface area (Å²) in [6.45, 7) is 8.02. The van der Waals surface area contributed by atoms with Crippen molar-refractivity contribution in [3.8, 4) is 5.75 Å². The monoisotopic (exact) mass is 437 g/mol. The van der Waals surface area contributed by atoms with Gasteiger partial charge in [0.05, 0.1) is 6.54 Å². The molecule has 0 radical (unpaired) electrons. The number of thioether (sulfide) groups is 1. The molecule has 1 unspecified atom stereocenters. The third kappa shape index (κ3) is 8.73. The minimum Gasteiger partial charge on any atom is -0.489 e. The standard InChI is InChI=1S/C16H27N3OS.HI/c1-13(20-14-9-7-6-8-10-14)11-18-15(17-4)19-12-16(2,3)21-5;/h6-10,13H,11-12H2,1-5H3,(H2,17,18,19);1H. The van der Waals surface area contributed by atoms with Crippen LogP contribution in [0.1, 0.15) is 20.8 Å². The van der Waals surface area contributed by atoms with E-state index >= 15 is 0 Å². The molecule has 2 N–H and O–H groups in total. The summed E-state index contributed by atoms with van der Waals surface area (Å²) in [5.74, 6) is 1.69. The second-order valence-corrected chi connectivity index (χ2v) is 7.03. The van der Waals surface area contributed by atoms with E-state index in [0.29, 0.717) is 6.54 Å². The topological polar surface area (TPSA) is 45.7 Å². The van der Waals surface area contributed by atoms with Crippen molar-refractivity contribution in [3.05, 3.63) is 30.3 Å². The molecule has 1 aromatic rings. The fourth-order valence-corrected chi connectivity index (χ4v) is 1.82. The van der Waals surface area contributed by atoms with Crippen LogP contribution in [0.25, 0.3) is 0 Å². The molecule has 0 saturated carbocycles. The zero-order chi connectivity index (χ0) is 15.7. The summed E-state index contributed by atoms with van der Waals surface area (Å²) in [5.41, 5.74) is 0. The van der Waals surface area contributed by atoms with E-state index in [-0.39, 0.29) is 34.8 Å². The van der Waals surface area contributed by atoms with Crippen LogP contribution in [0, 0.1) is 0 Å². The molecule has 1 rings (SSSR count). The average molecular weight is 437 g/mol. The summed E-state index contributed by atoms with van der Waals surface area (Å²) in [4.78, 5) is 4.23. The molecule has 6 heteroatoms. The zero-order valence-corrected chi connectivity index (χ0v) is 17.2. The Balaban J connectivity index is 0.00000441. The van der Waals surface area contributed by atoms with Crippen molar-refractivity contribution in [2.45, 2.75) is 31.6 Å². The molecule has 0 heterocycles. The third-order valence-electron chi connectivity index (χ3n) is 3.10. The number of halogens is 1. The fourth-order valence-electron chi connectivity index (χ4n) is 1.60. The molecule has 0 bridgehead atoms. The fraction of sp³-hybridized carbons (Fsp3) is 0.562. The molecule has 1 atom stereocenters. The van der Waals surface area contributed by atoms with Gasteiger partial charge >= 0.3 is 0 Å². The number of nitrogens with one attached hydrogen (secondary N) is 2. The SMILES string of the molecule is CN=C(NCC(C)Oc1ccccc1)NCC(C)(C)SC.I. The van der Waals surface area contributed by atoms with Gasteiger partial charge in [-0.15, -0.1) is 24.0 Å². The number of hydrogen-bond acceptors (Lipinski definition) is 3. The van der Waals surface area contributed by atoms with Crippen LogP contribution < -0.4 is 15.4 Å². The van der Waals surface area contributed by atoms with Crippen LogP contribution in [0.2, 0.25) is 0 Å². The van der Waals surface area contributed by atoms with Crippen molar-refractivity contribution in [2.75, 3.05) is 26.4 Å². The molecule has 22 heavy (non-hydrogen) atoms. The van der Waals surface area contributed by atoms with Gasteiger partial charge in [0.25, 0.3) is 0 Å². The number of guanidine groups is 1. The first-order chi connectivity index (χ1) is 9.96. The molecule has 0 spiro atoms. The van der Waals surface area contributed by atoms with Gasteiger partial charge in [-0.05, 0) is 39.2 Å². The Labute approximate surface area is 155 Å². The Bertz CT molecular complexity index is 440. The lowest BCUT2D eigenvalue weighted by Crippen LogP contribution is -2.45. The van der Waals surface area contributed by atoms with E-state index in [1.54, 1.807) is 7.05 Å². The summed E-state index contributed by atoms with van der Waals surface area (Å²) in [5, 5.41) is 6.63. The van der Waals surface area contributed by atoms with Crippen LogP contribution in [-0.2, 0) is 0 Å². The molecular formula is C16H28IN3OS. The van der Waals surface area contributed by atoms with E-state index in [9.17, 15) is 0 Å². The predicted molar refractivity (Wildman–Crippen MR) is 109 cm³/mol. The van der Waals surface area contributed by atoms with Gasteiger partial charge in [0.2, 0.25) is 0 Å². The molecule has 1 aromatic carbocycles. The largest absolute Gasteiger partial charge is 0.489 e. The first kappa shape index (κ1) is 21.4. The first-order valence-electron chi connectivity index (χ1n) is 7.18. The number of hydrogen-bond donors (Lipinski definition) is 2. The molecule has 0 aliphatic rings. The number of para-hydroxylation sites is 1. The molecule has 4 nitrogen and oxygen atoms in total. The molecule has 0 fully saturated rings. The highest BCUT2D eigenvalue weighted by molar-refractivity contribution is 14.0. The highest BCUT2D eigenvalue weighted by Crippen LogP contribution is 2.19. The molecule has 0 aliphatic carbocycles. The Kier molecular flexibility index (Phi) is 10.7. The quantitative estimate of drug-likeness (QED) is 0.390. The lowest BCUT2D eigenvalue weighted by atomic mass is 10.2. The lowest BCUT2D eigenvalue weighted by molar-refractivity contribution is 0.224. The Morgan fingerprint density at radius 2 is 1.91 bits per heavy atom. The number of nitrogens with zero attached hydrogens (tertiary/aromatic N) is 1. The van der Waals surface area contributed by atoms with E-state index in [0.717, 1.165) is 18.3 Å². The predicted octanol–water partition coefficient (Wildman–Crippen LogP) is 3.38. The maximum atomic E-state index is 5.83. The second-order valence-electron chi connectivity index (χ2n) is 5.51. The smallest absolute Gasteiger partial charge is 0.191 e. The minimum atomic E-state index is 0. The number of rotatable bonds is 7. The maximum Gasteiger partial charge on any atom is 0.191 e. The summed E-state index contributed by atoms with van der Waals surface area (Å²) in [7, 11) is 1.78. The molecule has 0 aromatic heterocycles. The summed E-state index contributed by atoms with van der Waals surface area (Å²) in [6.07, 6.45) is 2.19. The van der Waals surface area contributed by atoms with Crippen LogP contribution >= 0.6 is 35.7 Å². The third-order valence-corrected chi connectivity index (χ3v) is 4.34. The number of aliphatic imine (C=N–C) groups is 1. The van der Waals surface area contributed by atoms with Crippen LogP contribution in [0.4, 0.5) is 0 Å². The summed E-state index contributed by atoms with van der Waals surface area (Å²) < 4.78 is 6.01. The van der Waals surface area contributed by atoms with Crippen LogP contribution in [-0.4, -0.2) is 43.2 Å². The van der Waals surface area contributed by atoms with Crippen LogP contribution in [0.15, 0.2) is 35.3 Å². The van der Waals surface area contributed by atoms with Gasteiger partial charge in [0.15, 0.2) is 5.96 Å². The van der Waals surface area contributed by atoms with Crippen LogP contribution in [0.3, 0.4) is 0 Å². The van der Waals surface area contributed by atoms with Crippen molar-refractivity contribution in [1.82, 2.24) is 10.6 Å². The van der Waals surface area contributed by atoms with E-state index in [4.69, 9.17) is 4.74 Å². The Morgan fingerprint density at radius 1 is 1.27 bits per heavy atom. The van der Waals surface area contributed by atoms with Gasteiger partial charge in [-0.25, -0.2) is 0 Å². The van der Waals surface area contributed by atoms with Gasteiger partial charge in [-0.3, -0.25) is 4.99 Å². The van der Waals surface area contributed by atoms with E-state index in [1.165, 1.54) is 0 Å². The van der Waals surface area contributed by atoms with Crippen molar-refractivity contribution >= 4 is 41.7 Å². The van der Waals surface area contributed by atoms with Crippen molar-refractivity contribution in [3.63, 3.8) is 0 Å². The van der Waals surface area contributed by atoms with E-state index in [1.807, 2.05) is 49.0 Å². The first-order valence-corrected chi connectivity index (χ1v) is 8.40. The van der Waals surface area contributed by atoms with Gasteiger partial charge in [0.1, 0.15) is 11.9 Å². The molecule has 0 saturated heterocycles. The molecular weight excluding hydrogens is 409 g/mol. The lowest BCUT2D eigenvalue weighted by Gasteiger charge is -2.24. The van der Waals surface area contributed by atoms with Crippen LogP contribution in [0.5, 0.6) is 5.75 Å². The van der Waals surface area contributed by atoms with E-state index in [2.05, 4.69) is 35.7 Å². The minimum absolute atomic E-state index is 0. The maximum absolute atomic E-state index is 5.83. The zero-order valence-electron chi connectivity index (χ0n) is 14.1. The van der Waals surface area contributed by atoms with Crippen molar-refractivity contribution < 1.29 is 4.74 Å². The number of ether oxygens (including phenoxy) is 1. The molecule has 126 valence electrons. The van der Waals surface area contributed by atoms with Gasteiger partial charge in [-0.2, -0.15) is 11.8 Å². The molecule has 0 aliphatic heterocycles.